The number of fused-ring (bicyclic) bond motifs is 2. The summed E-state index contributed by atoms with van der Waals surface area (Å²) in [6.07, 6.45) is 5.17. The Hall–Kier alpha value is -7.03. The Labute approximate surface area is 341 Å². The average Bonchev–Trinajstić information content (AvgIpc) is 4.02. The van der Waals surface area contributed by atoms with Crippen LogP contribution in [0.4, 0.5) is 22.7 Å². The molecule has 8 rings (SSSR count). The number of hydrogen-bond donors (Lipinski definition) is 4. The maximum absolute atomic E-state index is 11.9. The average molecular weight is 801 g/mol. The fraction of sp³-hybridized carbons (Fsp3) is 0.295. The third-order valence-electron chi connectivity index (χ3n) is 10.6. The number of nitrogens with zero attached hydrogens (tertiary/aromatic N) is 4. The number of nitro groups is 2. The molecule has 0 bridgehead atoms. The van der Waals surface area contributed by atoms with Gasteiger partial charge in [-0.3, -0.25) is 35.2 Å². The molecule has 0 saturated heterocycles. The van der Waals surface area contributed by atoms with Crippen LogP contribution in [0.5, 0.6) is 11.5 Å². The number of nitrogen functional groups attached to an aromatic ring is 1. The van der Waals surface area contributed by atoms with Crippen molar-refractivity contribution in [2.45, 2.75) is 86.0 Å². The zero-order chi connectivity index (χ0) is 42.8. The Morgan fingerprint density at radius 2 is 1.17 bits per heavy atom. The number of nitrogens with one attached hydrogen (secondary N) is 3. The summed E-state index contributed by atoms with van der Waals surface area (Å²) in [6.45, 7) is 15.3. The number of aldehydes is 1. The fourth-order valence-corrected chi connectivity index (χ4v) is 7.49. The van der Waals surface area contributed by atoms with E-state index in [1.54, 1.807) is 33.2 Å². The first-order valence-corrected chi connectivity index (χ1v) is 19.0. The number of nitro benzene ring substituents is 2. The minimum absolute atomic E-state index is 0.0949. The van der Waals surface area contributed by atoms with E-state index in [0.717, 1.165) is 56.3 Å². The molecule has 15 heteroatoms. The molecule has 0 radical (unpaired) electrons. The summed E-state index contributed by atoms with van der Waals surface area (Å²) in [5.74, 6) is 1.43. The van der Waals surface area contributed by atoms with E-state index in [1.165, 1.54) is 0 Å². The molecule has 59 heavy (non-hydrogen) atoms. The van der Waals surface area contributed by atoms with E-state index < -0.39 is 10.5 Å². The lowest BCUT2D eigenvalue weighted by Crippen LogP contribution is -2.25. The number of carbonyl (C=O) groups is 1. The van der Waals surface area contributed by atoms with Crippen LogP contribution in [-0.4, -0.2) is 47.7 Å². The summed E-state index contributed by atoms with van der Waals surface area (Å²) in [5, 5.41) is 40.0. The zero-order valence-electron chi connectivity index (χ0n) is 34.4. The molecule has 6 aromatic rings. The number of anilines is 2. The number of carbonyl (C=O) groups excluding carboxylic acids is 1. The quantitative estimate of drug-likeness (QED) is 0.0492. The largest absolute Gasteiger partial charge is 0.487 e. The first kappa shape index (κ1) is 41.6. The fourth-order valence-electron chi connectivity index (χ4n) is 7.49. The third kappa shape index (κ3) is 8.78. The standard InChI is InChI=1S/C22H24N4O3.C13H15NO4.C9H9N3/c1-13-14(2)21-17(11-22(3,4)29-21)18(20(13)26(27)28)12-23-16-7-5-15(6-8-16)19-9-10-24-25-19;1-7-8(2)12-9(5-13(3,4)18-12)10(6-15)11(7)14(16)17;10-8-3-1-7(2-4-8)9-5-6-11-12-9/h5-10,23H,11-12H2,1-4H3,(H,24,25);6H,5H2,1-4H3;1-6H,10H2,(H,11,12). The highest BCUT2D eigenvalue weighted by Gasteiger charge is 2.39. The minimum atomic E-state index is -0.488. The van der Waals surface area contributed by atoms with Gasteiger partial charge in [0, 0.05) is 76.5 Å². The topological polar surface area (TPSA) is 217 Å². The van der Waals surface area contributed by atoms with Gasteiger partial charge in [-0.2, -0.15) is 10.2 Å². The highest BCUT2D eigenvalue weighted by atomic mass is 16.6. The van der Waals surface area contributed by atoms with Gasteiger partial charge in [0.1, 0.15) is 22.7 Å². The van der Waals surface area contributed by atoms with Crippen LogP contribution >= 0.6 is 0 Å². The van der Waals surface area contributed by atoms with E-state index in [4.69, 9.17) is 15.2 Å². The van der Waals surface area contributed by atoms with Crippen LogP contribution in [-0.2, 0) is 19.4 Å². The molecule has 0 atom stereocenters. The normalized spacial score (nSPS) is 14.0. The van der Waals surface area contributed by atoms with Gasteiger partial charge in [0.15, 0.2) is 6.29 Å². The van der Waals surface area contributed by atoms with Crippen molar-refractivity contribution in [2.75, 3.05) is 11.1 Å². The van der Waals surface area contributed by atoms with Crippen molar-refractivity contribution in [1.29, 1.82) is 0 Å². The second-order valence-corrected chi connectivity index (χ2v) is 15.9. The van der Waals surface area contributed by atoms with Crippen molar-refractivity contribution in [2.24, 2.45) is 0 Å². The Kier molecular flexibility index (Phi) is 11.6. The SMILES string of the molecule is Cc1c(C)c([N+](=O)[O-])c(C=O)c2c1OC(C)(C)C2.Cc1c(C)c([N+](=O)[O-])c(CNc2ccc(-c3ccn[nH]3)cc2)c2c1OC(C)(C)C2.Nc1ccc(-c2ccn[nH]2)cc1. The minimum Gasteiger partial charge on any atom is -0.487 e. The molecule has 15 nitrogen and oxygen atoms in total. The maximum Gasteiger partial charge on any atom is 0.283 e. The summed E-state index contributed by atoms with van der Waals surface area (Å²) in [5.41, 5.74) is 15.8. The first-order chi connectivity index (χ1) is 27.9. The van der Waals surface area contributed by atoms with Crippen LogP contribution in [0.2, 0.25) is 0 Å². The molecule has 2 aromatic heterocycles. The number of ether oxygens (including phenoxy) is 2. The molecule has 2 aliphatic heterocycles. The second kappa shape index (κ2) is 16.4. The third-order valence-corrected chi connectivity index (χ3v) is 10.6. The number of benzene rings is 4. The number of aromatic amines is 2. The molecule has 2 aliphatic rings. The van der Waals surface area contributed by atoms with Gasteiger partial charge in [0.2, 0.25) is 0 Å². The van der Waals surface area contributed by atoms with Gasteiger partial charge in [0.25, 0.3) is 11.4 Å². The van der Waals surface area contributed by atoms with Crippen LogP contribution < -0.4 is 20.5 Å². The van der Waals surface area contributed by atoms with E-state index in [9.17, 15) is 25.0 Å². The molecule has 306 valence electrons. The molecule has 5 N–H and O–H groups in total. The van der Waals surface area contributed by atoms with Crippen LogP contribution in [0.3, 0.4) is 0 Å². The lowest BCUT2D eigenvalue weighted by molar-refractivity contribution is -0.386. The predicted molar refractivity (Wildman–Crippen MR) is 227 cm³/mol. The molecule has 0 saturated carbocycles. The monoisotopic (exact) mass is 800 g/mol. The number of H-pyrrole nitrogens is 2. The van der Waals surface area contributed by atoms with Crippen LogP contribution in [0.15, 0.2) is 73.1 Å². The smallest absolute Gasteiger partial charge is 0.283 e. The van der Waals surface area contributed by atoms with Crippen molar-refractivity contribution in [3.63, 3.8) is 0 Å². The Balaban J connectivity index is 0.000000165. The van der Waals surface area contributed by atoms with Gasteiger partial charge in [-0.05, 0) is 103 Å². The Bertz CT molecular complexity index is 2510. The number of aromatic nitrogens is 4. The summed E-state index contributed by atoms with van der Waals surface area (Å²) in [4.78, 5) is 33.4. The first-order valence-electron chi connectivity index (χ1n) is 19.0. The molecular weight excluding hydrogens is 753 g/mol. The molecule has 4 heterocycles. The highest BCUT2D eigenvalue weighted by molar-refractivity contribution is 5.88. The van der Waals surface area contributed by atoms with Gasteiger partial charge in [-0.1, -0.05) is 24.3 Å². The van der Waals surface area contributed by atoms with Crippen molar-refractivity contribution >= 4 is 29.0 Å². The van der Waals surface area contributed by atoms with Crippen LogP contribution in [0.1, 0.15) is 77.0 Å². The van der Waals surface area contributed by atoms with Crippen molar-refractivity contribution in [3.8, 4) is 34.0 Å². The molecular formula is C44H48N8O7. The van der Waals surface area contributed by atoms with Crippen molar-refractivity contribution in [1.82, 2.24) is 20.4 Å². The Morgan fingerprint density at radius 1 is 0.712 bits per heavy atom. The summed E-state index contributed by atoms with van der Waals surface area (Å²) in [6, 6.07) is 19.4. The van der Waals surface area contributed by atoms with Gasteiger partial charge >= 0.3 is 0 Å². The number of nitrogens with two attached hydrogens (primary N) is 1. The van der Waals surface area contributed by atoms with Gasteiger partial charge in [0.05, 0.1) is 32.4 Å². The number of rotatable bonds is 8. The summed E-state index contributed by atoms with van der Waals surface area (Å²) >= 11 is 0. The molecule has 0 aliphatic carbocycles. The van der Waals surface area contributed by atoms with Crippen molar-refractivity contribution < 1.29 is 24.1 Å². The molecule has 0 amide bonds. The highest BCUT2D eigenvalue weighted by Crippen LogP contribution is 2.46. The zero-order valence-corrected chi connectivity index (χ0v) is 34.4. The summed E-state index contributed by atoms with van der Waals surface area (Å²) in [7, 11) is 0. The predicted octanol–water partition coefficient (Wildman–Crippen LogP) is 9.32. The maximum atomic E-state index is 11.9. The van der Waals surface area contributed by atoms with Crippen LogP contribution in [0, 0.1) is 47.9 Å². The summed E-state index contributed by atoms with van der Waals surface area (Å²) < 4.78 is 11.9. The molecule has 0 fully saturated rings. The van der Waals surface area contributed by atoms with E-state index in [2.05, 4.69) is 25.7 Å². The second-order valence-electron chi connectivity index (χ2n) is 15.9. The number of hydrogen-bond acceptors (Lipinski definition) is 11. The van der Waals surface area contributed by atoms with E-state index in [0.29, 0.717) is 53.7 Å². The molecule has 0 spiro atoms. The Morgan fingerprint density at radius 3 is 1.63 bits per heavy atom. The van der Waals surface area contributed by atoms with Gasteiger partial charge in [-0.15, -0.1) is 0 Å². The van der Waals surface area contributed by atoms with E-state index >= 15 is 0 Å². The van der Waals surface area contributed by atoms with Crippen LogP contribution in [0.25, 0.3) is 22.5 Å². The lowest BCUT2D eigenvalue weighted by Gasteiger charge is -2.18. The molecule has 4 aromatic carbocycles. The van der Waals surface area contributed by atoms with Gasteiger partial charge < -0.3 is 20.5 Å². The lowest BCUT2D eigenvalue weighted by atomic mass is 9.91. The van der Waals surface area contributed by atoms with E-state index in [-0.39, 0.29) is 27.5 Å². The van der Waals surface area contributed by atoms with Gasteiger partial charge in [-0.25, -0.2) is 0 Å². The van der Waals surface area contributed by atoms with Crippen molar-refractivity contribution in [3.05, 3.63) is 138 Å². The van der Waals surface area contributed by atoms with E-state index in [1.807, 2.05) is 95.3 Å². The molecule has 0 unspecified atom stereocenters.